The third kappa shape index (κ3) is 2.75. The standard InChI is InChI=1S/C14H21N3O/c18-14(16-9-10-3-4-15-8-10)7-11-5-12-1-2-13(6-11)17-12/h3-4,8,11-13,15,17H,1-2,5-7,9H2,(H,16,18). The van der Waals surface area contributed by atoms with Crippen molar-refractivity contribution in [3.05, 3.63) is 24.0 Å². The fourth-order valence-corrected chi connectivity index (χ4v) is 3.35. The predicted molar refractivity (Wildman–Crippen MR) is 69.9 cm³/mol. The summed E-state index contributed by atoms with van der Waals surface area (Å²) in [6.45, 7) is 0.639. The lowest BCUT2D eigenvalue weighted by molar-refractivity contribution is -0.122. The maximum absolute atomic E-state index is 11.9. The molecule has 0 aliphatic carbocycles. The minimum atomic E-state index is 0.197. The highest BCUT2D eigenvalue weighted by molar-refractivity contribution is 5.76. The van der Waals surface area contributed by atoms with Gasteiger partial charge in [0.25, 0.3) is 0 Å². The molecule has 2 aliphatic rings. The number of nitrogens with one attached hydrogen (secondary N) is 3. The van der Waals surface area contributed by atoms with Crippen LogP contribution in [0.3, 0.4) is 0 Å². The molecular weight excluding hydrogens is 226 g/mol. The molecule has 0 radical (unpaired) electrons. The summed E-state index contributed by atoms with van der Waals surface area (Å²) in [6, 6.07) is 3.34. The number of H-pyrrole nitrogens is 1. The summed E-state index contributed by atoms with van der Waals surface area (Å²) < 4.78 is 0. The molecule has 3 heterocycles. The number of aromatic nitrogens is 1. The van der Waals surface area contributed by atoms with Crippen molar-refractivity contribution in [2.24, 2.45) is 5.92 Å². The first-order valence-corrected chi connectivity index (χ1v) is 6.94. The lowest BCUT2D eigenvalue weighted by Crippen LogP contribution is -2.39. The van der Waals surface area contributed by atoms with E-state index in [9.17, 15) is 4.79 Å². The van der Waals surface area contributed by atoms with Crippen molar-refractivity contribution >= 4 is 5.91 Å². The molecule has 2 saturated heterocycles. The molecule has 4 heteroatoms. The van der Waals surface area contributed by atoms with Crippen molar-refractivity contribution in [3.8, 4) is 0 Å². The monoisotopic (exact) mass is 247 g/mol. The summed E-state index contributed by atoms with van der Waals surface area (Å²) >= 11 is 0. The maximum atomic E-state index is 11.9. The van der Waals surface area contributed by atoms with Crippen LogP contribution >= 0.6 is 0 Å². The van der Waals surface area contributed by atoms with Crippen LogP contribution in [-0.2, 0) is 11.3 Å². The van der Waals surface area contributed by atoms with Crippen molar-refractivity contribution in [2.45, 2.75) is 50.7 Å². The van der Waals surface area contributed by atoms with Crippen LogP contribution in [0, 0.1) is 5.92 Å². The molecule has 3 rings (SSSR count). The Morgan fingerprint density at radius 1 is 1.33 bits per heavy atom. The van der Waals surface area contributed by atoms with Crippen LogP contribution in [0.5, 0.6) is 0 Å². The van der Waals surface area contributed by atoms with E-state index in [1.54, 1.807) is 0 Å². The number of hydrogen-bond acceptors (Lipinski definition) is 2. The predicted octanol–water partition coefficient (Wildman–Crippen LogP) is 1.55. The van der Waals surface area contributed by atoms with E-state index in [4.69, 9.17) is 0 Å². The van der Waals surface area contributed by atoms with Gasteiger partial charge in [0.1, 0.15) is 0 Å². The van der Waals surface area contributed by atoms with Gasteiger partial charge in [0.05, 0.1) is 0 Å². The summed E-state index contributed by atoms with van der Waals surface area (Å²) in [4.78, 5) is 14.9. The van der Waals surface area contributed by atoms with Gasteiger partial charge < -0.3 is 15.6 Å². The second kappa shape index (κ2) is 5.14. The normalized spacial score (nSPS) is 30.3. The first-order valence-electron chi connectivity index (χ1n) is 6.94. The van der Waals surface area contributed by atoms with E-state index in [2.05, 4.69) is 15.6 Å². The van der Waals surface area contributed by atoms with E-state index in [1.165, 1.54) is 25.7 Å². The van der Waals surface area contributed by atoms with Crippen LogP contribution in [0.2, 0.25) is 0 Å². The van der Waals surface area contributed by atoms with E-state index in [-0.39, 0.29) is 5.91 Å². The highest BCUT2D eigenvalue weighted by atomic mass is 16.1. The lowest BCUT2D eigenvalue weighted by Gasteiger charge is -2.28. The third-order valence-corrected chi connectivity index (χ3v) is 4.20. The fraction of sp³-hybridized carbons (Fsp3) is 0.643. The van der Waals surface area contributed by atoms with Crippen LogP contribution in [0.15, 0.2) is 18.5 Å². The number of aromatic amines is 1. The van der Waals surface area contributed by atoms with E-state index in [1.807, 2.05) is 18.5 Å². The largest absolute Gasteiger partial charge is 0.367 e. The zero-order valence-corrected chi connectivity index (χ0v) is 10.6. The molecule has 2 bridgehead atoms. The smallest absolute Gasteiger partial charge is 0.220 e. The molecule has 0 saturated carbocycles. The molecule has 0 aromatic carbocycles. The Kier molecular flexibility index (Phi) is 3.37. The average molecular weight is 247 g/mol. The highest BCUT2D eigenvalue weighted by Gasteiger charge is 2.33. The van der Waals surface area contributed by atoms with Gasteiger partial charge in [-0.15, -0.1) is 0 Å². The second-order valence-corrected chi connectivity index (χ2v) is 5.68. The molecule has 18 heavy (non-hydrogen) atoms. The number of carbonyl (C=O) groups is 1. The first-order chi connectivity index (χ1) is 8.79. The molecule has 2 atom stereocenters. The third-order valence-electron chi connectivity index (χ3n) is 4.20. The molecule has 3 N–H and O–H groups in total. The van der Waals surface area contributed by atoms with Gasteiger partial charge in [-0.05, 0) is 43.2 Å². The zero-order chi connectivity index (χ0) is 12.4. The molecule has 1 aromatic heterocycles. The summed E-state index contributed by atoms with van der Waals surface area (Å²) in [5, 5.41) is 6.62. The summed E-state index contributed by atoms with van der Waals surface area (Å²) in [6.07, 6.45) is 9.44. The minimum Gasteiger partial charge on any atom is -0.367 e. The van der Waals surface area contributed by atoms with Gasteiger partial charge in [-0.1, -0.05) is 0 Å². The number of carbonyl (C=O) groups excluding carboxylic acids is 1. The first kappa shape index (κ1) is 11.8. The Hall–Kier alpha value is -1.29. The van der Waals surface area contributed by atoms with E-state index >= 15 is 0 Å². The molecule has 1 aromatic rings. The summed E-state index contributed by atoms with van der Waals surface area (Å²) in [5.74, 6) is 0.775. The van der Waals surface area contributed by atoms with Crippen LogP contribution in [0.4, 0.5) is 0 Å². The lowest BCUT2D eigenvalue weighted by atomic mass is 9.89. The van der Waals surface area contributed by atoms with Crippen LogP contribution in [-0.4, -0.2) is 23.0 Å². The molecule has 4 nitrogen and oxygen atoms in total. The van der Waals surface area contributed by atoms with Crippen molar-refractivity contribution < 1.29 is 4.79 Å². The topological polar surface area (TPSA) is 56.9 Å². The van der Waals surface area contributed by atoms with Gasteiger partial charge in [-0.2, -0.15) is 0 Å². The molecule has 2 fully saturated rings. The van der Waals surface area contributed by atoms with Crippen LogP contribution in [0.25, 0.3) is 0 Å². The van der Waals surface area contributed by atoms with Gasteiger partial charge in [-0.25, -0.2) is 0 Å². The molecule has 2 aliphatic heterocycles. The van der Waals surface area contributed by atoms with E-state index < -0.39 is 0 Å². The maximum Gasteiger partial charge on any atom is 0.220 e. The average Bonchev–Trinajstić information content (AvgIpc) is 2.97. The quantitative estimate of drug-likeness (QED) is 0.756. The molecule has 0 spiro atoms. The highest BCUT2D eigenvalue weighted by Crippen LogP contribution is 2.32. The van der Waals surface area contributed by atoms with E-state index in [0.717, 1.165) is 5.56 Å². The Morgan fingerprint density at radius 3 is 2.78 bits per heavy atom. The molecule has 2 unspecified atom stereocenters. The number of amides is 1. The summed E-state index contributed by atoms with van der Waals surface area (Å²) in [7, 11) is 0. The number of piperidine rings is 1. The van der Waals surface area contributed by atoms with Gasteiger partial charge in [0.2, 0.25) is 5.91 Å². The molecule has 98 valence electrons. The van der Waals surface area contributed by atoms with Crippen molar-refractivity contribution in [2.75, 3.05) is 0 Å². The Balaban J connectivity index is 1.43. The van der Waals surface area contributed by atoms with Gasteiger partial charge >= 0.3 is 0 Å². The number of rotatable bonds is 4. The van der Waals surface area contributed by atoms with Gasteiger partial charge in [-0.3, -0.25) is 4.79 Å². The van der Waals surface area contributed by atoms with Crippen molar-refractivity contribution in [1.29, 1.82) is 0 Å². The minimum absolute atomic E-state index is 0.197. The number of hydrogen-bond donors (Lipinski definition) is 3. The Morgan fingerprint density at radius 2 is 2.11 bits per heavy atom. The number of fused-ring (bicyclic) bond motifs is 2. The SMILES string of the molecule is O=C(CC1CC2CCC(C1)N2)NCc1cc[nH]c1. The van der Waals surface area contributed by atoms with Crippen LogP contribution < -0.4 is 10.6 Å². The van der Waals surface area contributed by atoms with Gasteiger partial charge in [0.15, 0.2) is 0 Å². The molecule has 1 amide bonds. The zero-order valence-electron chi connectivity index (χ0n) is 10.6. The Labute approximate surface area is 108 Å². The molecular formula is C14H21N3O. The summed E-state index contributed by atoms with van der Waals surface area (Å²) in [5.41, 5.74) is 1.13. The fourth-order valence-electron chi connectivity index (χ4n) is 3.35. The van der Waals surface area contributed by atoms with Gasteiger partial charge in [0, 0.05) is 37.4 Å². The van der Waals surface area contributed by atoms with Crippen LogP contribution in [0.1, 0.15) is 37.7 Å². The Bertz CT molecular complexity index is 389. The van der Waals surface area contributed by atoms with Crippen molar-refractivity contribution in [1.82, 2.24) is 15.6 Å². The van der Waals surface area contributed by atoms with Crippen molar-refractivity contribution in [3.63, 3.8) is 0 Å². The second-order valence-electron chi connectivity index (χ2n) is 5.68. The van der Waals surface area contributed by atoms with E-state index in [0.29, 0.717) is 31.0 Å².